The summed E-state index contributed by atoms with van der Waals surface area (Å²) in [7, 11) is -3.83. The van der Waals surface area contributed by atoms with Gasteiger partial charge in [0.25, 0.3) is 10.0 Å². The summed E-state index contributed by atoms with van der Waals surface area (Å²) < 4.78 is 27.1. The smallest absolute Gasteiger partial charge is 0.265 e. The van der Waals surface area contributed by atoms with E-state index in [0.29, 0.717) is 10.7 Å². The number of nitrogens with zero attached hydrogens (tertiary/aromatic N) is 1. The predicted molar refractivity (Wildman–Crippen MR) is 79.0 cm³/mol. The Morgan fingerprint density at radius 3 is 2.75 bits per heavy atom. The summed E-state index contributed by atoms with van der Waals surface area (Å²) in [6.07, 6.45) is 1.44. The van der Waals surface area contributed by atoms with E-state index in [1.807, 2.05) is 6.92 Å². The third-order valence-electron chi connectivity index (χ3n) is 2.56. The van der Waals surface area contributed by atoms with Crippen LogP contribution in [0.15, 0.2) is 41.4 Å². The minimum Gasteiger partial charge on any atom is -0.307 e. The van der Waals surface area contributed by atoms with Gasteiger partial charge in [-0.25, -0.2) is 19.2 Å². The second-order valence-corrected chi connectivity index (χ2v) is 6.14. The Morgan fingerprint density at radius 2 is 2.05 bits per heavy atom. The van der Waals surface area contributed by atoms with Gasteiger partial charge in [0.2, 0.25) is 0 Å². The Morgan fingerprint density at radius 1 is 1.30 bits per heavy atom. The molecule has 2 rings (SSSR count). The first kappa shape index (κ1) is 14.6. The summed E-state index contributed by atoms with van der Waals surface area (Å²) in [4.78, 5) is 3.80. The van der Waals surface area contributed by atoms with Gasteiger partial charge in [-0.05, 0) is 36.8 Å². The molecule has 0 saturated carbocycles. The second-order valence-electron chi connectivity index (χ2n) is 4.08. The van der Waals surface area contributed by atoms with Gasteiger partial charge in [-0.15, -0.1) is 0 Å². The van der Waals surface area contributed by atoms with Crippen LogP contribution >= 0.6 is 11.6 Å². The van der Waals surface area contributed by atoms with E-state index >= 15 is 0 Å². The predicted octanol–water partition coefficient (Wildman–Crippen LogP) is 2.13. The van der Waals surface area contributed by atoms with Crippen LogP contribution in [0.4, 0.5) is 11.5 Å². The van der Waals surface area contributed by atoms with Crippen molar-refractivity contribution in [2.45, 2.75) is 11.8 Å². The fraction of sp³-hybridized carbons (Fsp3) is 0.0833. The molecule has 2 aromatic rings. The number of aromatic nitrogens is 1. The summed E-state index contributed by atoms with van der Waals surface area (Å²) in [5.74, 6) is 5.32. The highest BCUT2D eigenvalue weighted by Gasteiger charge is 2.20. The molecule has 0 amide bonds. The van der Waals surface area contributed by atoms with Gasteiger partial charge in [0.05, 0.1) is 10.7 Å². The van der Waals surface area contributed by atoms with E-state index in [2.05, 4.69) is 15.1 Å². The molecule has 20 heavy (non-hydrogen) atoms. The van der Waals surface area contributed by atoms with Gasteiger partial charge in [0.1, 0.15) is 4.90 Å². The van der Waals surface area contributed by atoms with Crippen molar-refractivity contribution in [1.29, 1.82) is 0 Å². The molecule has 0 radical (unpaired) electrons. The van der Waals surface area contributed by atoms with Crippen molar-refractivity contribution in [3.63, 3.8) is 0 Å². The molecule has 0 bridgehead atoms. The topological polar surface area (TPSA) is 97.1 Å². The number of nitrogens with two attached hydrogens (primary N) is 1. The van der Waals surface area contributed by atoms with E-state index in [4.69, 9.17) is 17.4 Å². The number of hydrogen-bond acceptors (Lipinski definition) is 5. The molecule has 0 saturated heterocycles. The van der Waals surface area contributed by atoms with Crippen molar-refractivity contribution in [1.82, 2.24) is 4.98 Å². The number of halogens is 1. The standard InChI is InChI=1S/C12H13ClN4O2S/c1-8-4-5-9(13)10(7-8)17-20(18,19)11-3-2-6-15-12(11)16-14/h2-7,17H,14H2,1H3,(H,15,16). The molecule has 6 nitrogen and oxygen atoms in total. The lowest BCUT2D eigenvalue weighted by Gasteiger charge is -2.12. The molecule has 106 valence electrons. The average Bonchev–Trinajstić information content (AvgIpc) is 2.42. The van der Waals surface area contributed by atoms with Crippen LogP contribution in [0.1, 0.15) is 5.56 Å². The van der Waals surface area contributed by atoms with Gasteiger partial charge in [0, 0.05) is 6.20 Å². The fourth-order valence-corrected chi connectivity index (χ4v) is 3.05. The Balaban J connectivity index is 2.43. The first-order valence-electron chi connectivity index (χ1n) is 5.64. The zero-order valence-electron chi connectivity index (χ0n) is 10.6. The lowest BCUT2D eigenvalue weighted by Crippen LogP contribution is -2.18. The minimum absolute atomic E-state index is 0.0555. The van der Waals surface area contributed by atoms with Crippen LogP contribution in [-0.2, 0) is 10.0 Å². The van der Waals surface area contributed by atoms with E-state index in [1.165, 1.54) is 18.3 Å². The van der Waals surface area contributed by atoms with E-state index in [1.54, 1.807) is 18.2 Å². The molecule has 0 aliphatic carbocycles. The summed E-state index contributed by atoms with van der Waals surface area (Å²) in [5, 5.41) is 0.310. The number of aryl methyl sites for hydroxylation is 1. The Labute approximate surface area is 122 Å². The number of pyridine rings is 1. The van der Waals surface area contributed by atoms with Gasteiger partial charge < -0.3 is 5.43 Å². The summed E-state index contributed by atoms with van der Waals surface area (Å²) in [6.45, 7) is 1.84. The number of anilines is 2. The van der Waals surface area contributed by atoms with Gasteiger partial charge in [0.15, 0.2) is 5.82 Å². The lowest BCUT2D eigenvalue weighted by atomic mass is 10.2. The molecule has 0 aliphatic heterocycles. The van der Waals surface area contributed by atoms with Crippen LogP contribution in [0.3, 0.4) is 0 Å². The number of nitrogens with one attached hydrogen (secondary N) is 2. The summed E-state index contributed by atoms with van der Waals surface area (Å²) in [5.41, 5.74) is 3.44. The van der Waals surface area contributed by atoms with Crippen molar-refractivity contribution >= 4 is 33.1 Å². The number of hydrazine groups is 1. The van der Waals surface area contributed by atoms with Crippen LogP contribution in [0.2, 0.25) is 5.02 Å². The minimum atomic E-state index is -3.83. The molecule has 1 heterocycles. The van der Waals surface area contributed by atoms with Gasteiger partial charge in [-0.2, -0.15) is 0 Å². The molecule has 0 aliphatic rings. The number of benzene rings is 1. The van der Waals surface area contributed by atoms with Gasteiger partial charge in [-0.1, -0.05) is 17.7 Å². The second kappa shape index (κ2) is 5.66. The van der Waals surface area contributed by atoms with E-state index in [9.17, 15) is 8.42 Å². The van der Waals surface area contributed by atoms with Crippen LogP contribution in [0.25, 0.3) is 0 Å². The number of rotatable bonds is 4. The maximum absolute atomic E-state index is 12.3. The van der Waals surface area contributed by atoms with E-state index in [-0.39, 0.29) is 10.7 Å². The summed E-state index contributed by atoms with van der Waals surface area (Å²) >= 11 is 5.98. The van der Waals surface area contributed by atoms with Crippen LogP contribution in [0.5, 0.6) is 0 Å². The third-order valence-corrected chi connectivity index (χ3v) is 4.29. The summed E-state index contributed by atoms with van der Waals surface area (Å²) in [6, 6.07) is 7.96. The fourth-order valence-electron chi connectivity index (χ4n) is 1.63. The molecule has 0 spiro atoms. The molecule has 0 unspecified atom stereocenters. The maximum atomic E-state index is 12.3. The lowest BCUT2D eigenvalue weighted by molar-refractivity contribution is 0.601. The molecule has 8 heteroatoms. The molecular formula is C12H13ClN4O2S. The van der Waals surface area contributed by atoms with E-state index in [0.717, 1.165) is 5.56 Å². The molecule has 1 aromatic heterocycles. The van der Waals surface area contributed by atoms with Crippen LogP contribution in [-0.4, -0.2) is 13.4 Å². The van der Waals surface area contributed by atoms with Crippen molar-refractivity contribution in [2.24, 2.45) is 5.84 Å². The third kappa shape index (κ3) is 3.01. The molecular weight excluding hydrogens is 300 g/mol. The Kier molecular flexibility index (Phi) is 4.12. The largest absolute Gasteiger partial charge is 0.307 e. The van der Waals surface area contributed by atoms with E-state index < -0.39 is 10.0 Å². The zero-order chi connectivity index (χ0) is 14.8. The van der Waals surface area contributed by atoms with Crippen LogP contribution in [0, 0.1) is 6.92 Å². The maximum Gasteiger partial charge on any atom is 0.265 e. The highest BCUT2D eigenvalue weighted by molar-refractivity contribution is 7.92. The molecule has 1 aromatic carbocycles. The first-order chi connectivity index (χ1) is 9.44. The molecule has 4 N–H and O–H groups in total. The first-order valence-corrected chi connectivity index (χ1v) is 7.51. The van der Waals surface area contributed by atoms with Gasteiger partial charge in [-0.3, -0.25) is 4.72 Å². The normalized spacial score (nSPS) is 11.2. The Hall–Kier alpha value is -1.83. The molecule has 0 atom stereocenters. The highest BCUT2D eigenvalue weighted by atomic mass is 35.5. The van der Waals surface area contributed by atoms with Crippen molar-refractivity contribution in [2.75, 3.05) is 10.1 Å². The van der Waals surface area contributed by atoms with Gasteiger partial charge >= 0.3 is 0 Å². The monoisotopic (exact) mass is 312 g/mol. The van der Waals surface area contributed by atoms with Crippen LogP contribution < -0.4 is 16.0 Å². The highest BCUT2D eigenvalue weighted by Crippen LogP contribution is 2.27. The van der Waals surface area contributed by atoms with Crippen molar-refractivity contribution in [3.8, 4) is 0 Å². The zero-order valence-corrected chi connectivity index (χ0v) is 12.2. The average molecular weight is 313 g/mol. The SMILES string of the molecule is Cc1ccc(Cl)c(NS(=O)(=O)c2cccnc2NN)c1. The van der Waals surface area contributed by atoms with Crippen molar-refractivity contribution in [3.05, 3.63) is 47.1 Å². The van der Waals surface area contributed by atoms with Crippen molar-refractivity contribution < 1.29 is 8.42 Å². The molecule has 0 fully saturated rings. The number of nitrogen functional groups attached to an aromatic ring is 1. The quantitative estimate of drug-likeness (QED) is 0.593. The number of hydrogen-bond donors (Lipinski definition) is 3. The Bertz CT molecular complexity index is 734. The number of sulfonamides is 1.